The largest absolute Gasteiger partial charge is 0.489 e. The summed E-state index contributed by atoms with van der Waals surface area (Å²) in [6.45, 7) is 0.0761. The fourth-order valence-electron chi connectivity index (χ4n) is 3.47. The molecule has 0 unspecified atom stereocenters. The molecule has 0 saturated heterocycles. The zero-order chi connectivity index (χ0) is 26.8. The Morgan fingerprint density at radius 1 is 0.684 bits per heavy atom. The second-order valence-corrected chi connectivity index (χ2v) is 9.91. The summed E-state index contributed by atoms with van der Waals surface area (Å²) in [5.74, 6) is -0.716. The van der Waals surface area contributed by atoms with Crippen LogP contribution in [0, 0.1) is 0 Å². The summed E-state index contributed by atoms with van der Waals surface area (Å²) in [4.78, 5) is 24.8. The maximum Gasteiger partial charge on any atom is 0.325 e. The van der Waals surface area contributed by atoms with Crippen LogP contribution in [-0.2, 0) is 32.8 Å². The second-order valence-electron chi connectivity index (χ2n) is 8.23. The lowest BCUT2D eigenvalue weighted by molar-refractivity contribution is -0.143. The van der Waals surface area contributed by atoms with Gasteiger partial charge in [0.05, 0.1) is 16.1 Å². The summed E-state index contributed by atoms with van der Waals surface area (Å²) in [5, 5.41) is 2.47. The number of benzene rings is 4. The van der Waals surface area contributed by atoms with Gasteiger partial charge in [-0.25, -0.2) is 8.42 Å². The van der Waals surface area contributed by atoms with E-state index in [9.17, 15) is 18.0 Å². The number of nitrogens with one attached hydrogen (secondary N) is 2. The highest BCUT2D eigenvalue weighted by Gasteiger charge is 2.19. The molecule has 4 aromatic carbocycles. The van der Waals surface area contributed by atoms with E-state index in [1.165, 1.54) is 24.3 Å². The molecule has 0 fully saturated rings. The highest BCUT2D eigenvalue weighted by Crippen LogP contribution is 2.22. The van der Waals surface area contributed by atoms with Gasteiger partial charge in [-0.3, -0.25) is 14.3 Å². The summed E-state index contributed by atoms with van der Waals surface area (Å²) in [6.07, 6.45) is 0. The molecule has 9 heteroatoms. The molecule has 0 heterocycles. The van der Waals surface area contributed by atoms with Crippen molar-refractivity contribution in [2.24, 2.45) is 0 Å². The number of carbonyl (C=O) groups excluding carboxylic acids is 2. The van der Waals surface area contributed by atoms with Gasteiger partial charge in [0.2, 0.25) is 0 Å². The Morgan fingerprint density at radius 2 is 1.26 bits per heavy atom. The summed E-state index contributed by atoms with van der Waals surface area (Å²) in [7, 11) is -4.00. The third-order valence-corrected chi connectivity index (χ3v) is 6.82. The summed E-state index contributed by atoms with van der Waals surface area (Å²) in [5.41, 5.74) is 1.95. The van der Waals surface area contributed by atoms with E-state index in [2.05, 4.69) is 10.0 Å². The molecule has 0 spiro atoms. The van der Waals surface area contributed by atoms with Gasteiger partial charge >= 0.3 is 5.97 Å². The zero-order valence-corrected chi connectivity index (χ0v) is 21.2. The van der Waals surface area contributed by atoms with E-state index in [4.69, 9.17) is 9.47 Å². The van der Waals surface area contributed by atoms with Crippen LogP contribution in [0.2, 0.25) is 0 Å². The monoisotopic (exact) mass is 530 g/mol. The van der Waals surface area contributed by atoms with Gasteiger partial charge in [0.15, 0.2) is 0 Å². The lowest BCUT2D eigenvalue weighted by atomic mass is 10.1. The third-order valence-electron chi connectivity index (χ3n) is 5.43. The van der Waals surface area contributed by atoms with Crippen LogP contribution >= 0.6 is 0 Å². The van der Waals surface area contributed by atoms with E-state index >= 15 is 0 Å². The molecule has 0 atom stereocenters. The Labute approximate surface area is 221 Å². The fraction of sp³-hybridized carbons (Fsp3) is 0.103. The average Bonchev–Trinajstić information content (AvgIpc) is 2.95. The predicted octanol–water partition coefficient (Wildman–Crippen LogP) is 4.54. The molecule has 38 heavy (non-hydrogen) atoms. The third kappa shape index (κ3) is 7.44. The lowest BCUT2D eigenvalue weighted by Gasteiger charge is -2.13. The molecule has 194 valence electrons. The molecule has 0 bridgehead atoms. The van der Waals surface area contributed by atoms with Crippen molar-refractivity contribution in [3.63, 3.8) is 0 Å². The molecule has 0 saturated carbocycles. The van der Waals surface area contributed by atoms with Crippen LogP contribution < -0.4 is 14.8 Å². The van der Waals surface area contributed by atoms with E-state index in [0.717, 1.165) is 11.1 Å². The van der Waals surface area contributed by atoms with Crippen LogP contribution in [0.5, 0.6) is 5.75 Å². The highest BCUT2D eigenvalue weighted by atomic mass is 32.2. The van der Waals surface area contributed by atoms with Crippen molar-refractivity contribution in [1.82, 2.24) is 5.32 Å². The smallest absolute Gasteiger partial charge is 0.325 e. The molecule has 4 rings (SSSR count). The number of carbonyl (C=O) groups is 2. The van der Waals surface area contributed by atoms with E-state index in [0.29, 0.717) is 12.4 Å². The molecule has 0 aliphatic rings. The lowest BCUT2D eigenvalue weighted by Crippen LogP contribution is -2.31. The first kappa shape index (κ1) is 26.4. The Kier molecular flexibility index (Phi) is 8.73. The average molecular weight is 531 g/mol. The van der Waals surface area contributed by atoms with E-state index in [1.54, 1.807) is 24.3 Å². The molecule has 0 aromatic heterocycles. The topological polar surface area (TPSA) is 111 Å². The second kappa shape index (κ2) is 12.6. The minimum Gasteiger partial charge on any atom is -0.489 e. The molecule has 1 amide bonds. The SMILES string of the molecule is O=C(CNC(=O)c1ccccc1NS(=O)(=O)c1ccc(OCc2ccccc2)cc1)OCc1ccccc1. The Bertz CT molecular complexity index is 1470. The predicted molar refractivity (Wildman–Crippen MR) is 143 cm³/mol. The van der Waals surface area contributed by atoms with Gasteiger partial charge in [0.25, 0.3) is 15.9 Å². The Balaban J connectivity index is 1.35. The first-order chi connectivity index (χ1) is 18.4. The molecule has 0 aliphatic heterocycles. The summed E-state index contributed by atoms with van der Waals surface area (Å²) >= 11 is 0. The number of esters is 1. The van der Waals surface area contributed by atoms with Crippen LogP contribution in [0.1, 0.15) is 21.5 Å². The van der Waals surface area contributed by atoms with Crippen molar-refractivity contribution >= 4 is 27.6 Å². The normalized spacial score (nSPS) is 10.8. The van der Waals surface area contributed by atoms with Crippen LogP contribution in [0.25, 0.3) is 0 Å². The van der Waals surface area contributed by atoms with E-state index < -0.39 is 21.9 Å². The molecule has 0 aliphatic carbocycles. The maximum absolute atomic E-state index is 13.0. The van der Waals surface area contributed by atoms with Gasteiger partial charge in [0, 0.05) is 0 Å². The zero-order valence-electron chi connectivity index (χ0n) is 20.4. The number of anilines is 1. The van der Waals surface area contributed by atoms with Crippen LogP contribution in [0.4, 0.5) is 5.69 Å². The minimum absolute atomic E-state index is 0.00395. The van der Waals surface area contributed by atoms with Crippen molar-refractivity contribution < 1.29 is 27.5 Å². The number of para-hydroxylation sites is 1. The standard InChI is InChI=1S/C29H26N2O6S/c32-28(37-21-23-11-5-2-6-12-23)19-30-29(33)26-13-7-8-14-27(26)31-38(34,35)25-17-15-24(16-18-25)36-20-22-9-3-1-4-10-22/h1-18,31H,19-21H2,(H,30,33). The van der Waals surface area contributed by atoms with Gasteiger partial charge in [-0.1, -0.05) is 72.8 Å². The van der Waals surface area contributed by atoms with E-state index in [1.807, 2.05) is 60.7 Å². The number of hydrogen-bond acceptors (Lipinski definition) is 6. The number of amides is 1. The van der Waals surface area contributed by atoms with Gasteiger partial charge < -0.3 is 14.8 Å². The van der Waals surface area contributed by atoms with Crippen LogP contribution in [0.15, 0.2) is 114 Å². The molecular weight excluding hydrogens is 504 g/mol. The summed E-state index contributed by atoms with van der Waals surface area (Å²) < 4.78 is 39.3. The summed E-state index contributed by atoms with van der Waals surface area (Å²) in [6, 6.07) is 30.9. The van der Waals surface area contributed by atoms with E-state index in [-0.39, 0.29) is 29.3 Å². The van der Waals surface area contributed by atoms with Crippen LogP contribution in [0.3, 0.4) is 0 Å². The van der Waals surface area contributed by atoms with Gasteiger partial charge in [-0.15, -0.1) is 0 Å². The number of ether oxygens (including phenoxy) is 2. The van der Waals surface area contributed by atoms with Crippen molar-refractivity contribution in [1.29, 1.82) is 0 Å². The van der Waals surface area contributed by atoms with Crippen molar-refractivity contribution in [3.05, 3.63) is 126 Å². The Morgan fingerprint density at radius 3 is 1.92 bits per heavy atom. The fourth-order valence-corrected chi connectivity index (χ4v) is 4.55. The number of hydrogen-bond donors (Lipinski definition) is 2. The van der Waals surface area contributed by atoms with Crippen molar-refractivity contribution in [3.8, 4) is 5.75 Å². The number of sulfonamides is 1. The first-order valence-electron chi connectivity index (χ1n) is 11.8. The quantitative estimate of drug-likeness (QED) is 0.276. The van der Waals surface area contributed by atoms with Gasteiger partial charge in [-0.05, 0) is 47.5 Å². The molecular formula is C29H26N2O6S. The van der Waals surface area contributed by atoms with Gasteiger partial charge in [-0.2, -0.15) is 0 Å². The first-order valence-corrected chi connectivity index (χ1v) is 13.3. The molecule has 0 radical (unpaired) electrons. The molecule has 4 aromatic rings. The Hall–Kier alpha value is -4.63. The van der Waals surface area contributed by atoms with Crippen molar-refractivity contribution in [2.45, 2.75) is 18.1 Å². The number of rotatable bonds is 11. The minimum atomic E-state index is -4.00. The van der Waals surface area contributed by atoms with Crippen LogP contribution in [-0.4, -0.2) is 26.8 Å². The van der Waals surface area contributed by atoms with Crippen molar-refractivity contribution in [2.75, 3.05) is 11.3 Å². The maximum atomic E-state index is 13.0. The highest BCUT2D eigenvalue weighted by molar-refractivity contribution is 7.92. The molecule has 8 nitrogen and oxygen atoms in total. The molecule has 2 N–H and O–H groups in total. The van der Waals surface area contributed by atoms with Gasteiger partial charge in [0.1, 0.15) is 25.5 Å².